The third kappa shape index (κ3) is 4.58. The zero-order chi connectivity index (χ0) is 21.5. The lowest BCUT2D eigenvalue weighted by atomic mass is 9.99. The molecule has 152 valence electrons. The molecule has 0 fully saturated rings. The van der Waals surface area contributed by atoms with Crippen molar-refractivity contribution in [3.05, 3.63) is 63.5 Å². The minimum Gasteiger partial charge on any atom is -0.478 e. The van der Waals surface area contributed by atoms with Crippen LogP contribution < -0.4 is 20.6 Å². The van der Waals surface area contributed by atoms with Crippen LogP contribution in [0.2, 0.25) is 0 Å². The Kier molecular flexibility index (Phi) is 6.66. The molecule has 1 aromatic heterocycles. The normalized spacial score (nSPS) is 10.4. The van der Waals surface area contributed by atoms with Gasteiger partial charge in [0.25, 0.3) is 0 Å². The molecule has 3 aromatic rings. The molecular weight excluding hydrogens is 386 g/mol. The highest BCUT2D eigenvalue weighted by molar-refractivity contribution is 5.89. The summed E-state index contributed by atoms with van der Waals surface area (Å²) in [4.78, 5) is 17.7. The van der Waals surface area contributed by atoms with Crippen molar-refractivity contribution in [2.75, 3.05) is 20.3 Å². The van der Waals surface area contributed by atoms with Gasteiger partial charge in [-0.1, -0.05) is 12.1 Å². The SMILES string of the molecule is CO[NH2+]c1ccc(Cc2c(C)c3c(OCC#N)cc(OCC#N)cc3oc2=O)cc1. The van der Waals surface area contributed by atoms with Crippen LogP contribution in [0, 0.1) is 29.6 Å². The number of hydrogen-bond donors (Lipinski definition) is 1. The summed E-state index contributed by atoms with van der Waals surface area (Å²) in [6.07, 6.45) is 0.377. The van der Waals surface area contributed by atoms with Gasteiger partial charge in [-0.05, 0) is 18.1 Å². The summed E-state index contributed by atoms with van der Waals surface area (Å²) in [5.41, 5.74) is 4.49. The number of nitrogens with zero attached hydrogens (tertiary/aromatic N) is 2. The molecule has 30 heavy (non-hydrogen) atoms. The Labute approximate surface area is 172 Å². The van der Waals surface area contributed by atoms with Crippen LogP contribution in [0.3, 0.4) is 0 Å². The second-order valence-corrected chi connectivity index (χ2v) is 6.45. The fraction of sp³-hybridized carbons (Fsp3) is 0.227. The maximum atomic E-state index is 12.7. The molecule has 0 radical (unpaired) electrons. The molecule has 8 heteroatoms. The number of fused-ring (bicyclic) bond motifs is 1. The molecule has 1 heterocycles. The highest BCUT2D eigenvalue weighted by Crippen LogP contribution is 2.34. The molecular formula is C22H20N3O5+. The van der Waals surface area contributed by atoms with E-state index in [2.05, 4.69) is 0 Å². The van der Waals surface area contributed by atoms with E-state index in [1.54, 1.807) is 24.7 Å². The van der Waals surface area contributed by atoms with Crippen molar-refractivity contribution in [3.63, 3.8) is 0 Å². The van der Waals surface area contributed by atoms with Crippen molar-refractivity contribution in [2.24, 2.45) is 0 Å². The van der Waals surface area contributed by atoms with E-state index in [4.69, 9.17) is 29.3 Å². The predicted octanol–water partition coefficient (Wildman–Crippen LogP) is 2.25. The second-order valence-electron chi connectivity index (χ2n) is 6.45. The molecule has 0 saturated carbocycles. The largest absolute Gasteiger partial charge is 0.478 e. The smallest absolute Gasteiger partial charge is 0.340 e. The Morgan fingerprint density at radius 3 is 2.43 bits per heavy atom. The Bertz CT molecular complexity index is 1190. The summed E-state index contributed by atoms with van der Waals surface area (Å²) in [6.45, 7) is 1.47. The van der Waals surface area contributed by atoms with Gasteiger partial charge in [-0.15, -0.1) is 0 Å². The minimum absolute atomic E-state index is 0.166. The predicted molar refractivity (Wildman–Crippen MR) is 107 cm³/mol. The van der Waals surface area contributed by atoms with Crippen molar-refractivity contribution in [1.82, 2.24) is 0 Å². The minimum atomic E-state index is -0.462. The highest BCUT2D eigenvalue weighted by atomic mass is 16.6. The lowest BCUT2D eigenvalue weighted by Gasteiger charge is -2.13. The van der Waals surface area contributed by atoms with Crippen LogP contribution in [-0.4, -0.2) is 20.3 Å². The summed E-state index contributed by atoms with van der Waals surface area (Å²) >= 11 is 0. The van der Waals surface area contributed by atoms with Gasteiger partial charge in [0, 0.05) is 36.2 Å². The quantitative estimate of drug-likeness (QED) is 0.346. The summed E-state index contributed by atoms with van der Waals surface area (Å²) in [6, 6.07) is 14.6. The number of benzene rings is 2. The third-order valence-corrected chi connectivity index (χ3v) is 4.53. The van der Waals surface area contributed by atoms with Gasteiger partial charge >= 0.3 is 5.63 Å². The van der Waals surface area contributed by atoms with Gasteiger partial charge in [0.2, 0.25) is 0 Å². The Balaban J connectivity index is 2.06. The molecule has 0 aliphatic carbocycles. The van der Waals surface area contributed by atoms with Gasteiger partial charge in [0.1, 0.15) is 29.2 Å². The van der Waals surface area contributed by atoms with E-state index in [1.165, 1.54) is 0 Å². The second kappa shape index (κ2) is 9.57. The standard InChI is InChI=1S/C22H19N3O5/c1-14-18(11-15-3-5-16(6-4-15)25-27-2)22(26)30-20-13-17(28-9-7-23)12-19(21(14)20)29-10-8-24/h3-6,12-13,25H,9-11H2,1-2H3/p+1. The molecule has 0 unspecified atom stereocenters. The van der Waals surface area contributed by atoms with Crippen molar-refractivity contribution >= 4 is 16.7 Å². The van der Waals surface area contributed by atoms with Gasteiger partial charge in [0.05, 0.1) is 12.5 Å². The first-order valence-corrected chi connectivity index (χ1v) is 9.12. The highest BCUT2D eigenvalue weighted by Gasteiger charge is 2.18. The molecule has 0 atom stereocenters. The number of quaternary nitrogens is 1. The molecule has 8 nitrogen and oxygen atoms in total. The molecule has 0 aliphatic rings. The van der Waals surface area contributed by atoms with Crippen LogP contribution in [0.25, 0.3) is 11.0 Å². The Morgan fingerprint density at radius 2 is 1.77 bits per heavy atom. The first-order valence-electron chi connectivity index (χ1n) is 9.12. The summed E-state index contributed by atoms with van der Waals surface area (Å²) in [5.74, 6) is 0.673. The average Bonchev–Trinajstić information content (AvgIpc) is 2.74. The zero-order valence-corrected chi connectivity index (χ0v) is 16.6. The van der Waals surface area contributed by atoms with E-state index in [0.29, 0.717) is 34.4 Å². The number of hydrogen-bond acceptors (Lipinski definition) is 7. The topological polar surface area (TPSA) is 122 Å². The lowest BCUT2D eigenvalue weighted by Crippen LogP contribution is -2.75. The van der Waals surface area contributed by atoms with E-state index < -0.39 is 5.63 Å². The van der Waals surface area contributed by atoms with Crippen molar-refractivity contribution in [3.8, 4) is 23.6 Å². The molecule has 0 bridgehead atoms. The van der Waals surface area contributed by atoms with Gasteiger partial charge < -0.3 is 13.9 Å². The summed E-state index contributed by atoms with van der Waals surface area (Å²) < 4.78 is 16.4. The summed E-state index contributed by atoms with van der Waals surface area (Å²) in [5, 5.41) is 18.2. The van der Waals surface area contributed by atoms with E-state index in [1.807, 2.05) is 43.3 Å². The third-order valence-electron chi connectivity index (χ3n) is 4.53. The van der Waals surface area contributed by atoms with Crippen LogP contribution in [-0.2, 0) is 11.3 Å². The number of ether oxygens (including phenoxy) is 2. The van der Waals surface area contributed by atoms with E-state index >= 15 is 0 Å². The van der Waals surface area contributed by atoms with E-state index in [0.717, 1.165) is 11.3 Å². The molecule has 0 saturated heterocycles. The van der Waals surface area contributed by atoms with Crippen LogP contribution >= 0.6 is 0 Å². The van der Waals surface area contributed by atoms with Crippen molar-refractivity contribution < 1.29 is 24.2 Å². The van der Waals surface area contributed by atoms with Crippen LogP contribution in [0.5, 0.6) is 11.5 Å². The number of nitrogens with two attached hydrogens (primary N) is 1. The van der Waals surface area contributed by atoms with Gasteiger partial charge in [-0.2, -0.15) is 16.0 Å². The van der Waals surface area contributed by atoms with Crippen LogP contribution in [0.4, 0.5) is 5.69 Å². The number of rotatable bonds is 8. The monoisotopic (exact) mass is 406 g/mol. The maximum absolute atomic E-state index is 12.7. The van der Waals surface area contributed by atoms with Crippen LogP contribution in [0.1, 0.15) is 16.7 Å². The first-order chi connectivity index (χ1) is 14.6. The lowest BCUT2D eigenvalue weighted by molar-refractivity contribution is -0.830. The molecule has 0 spiro atoms. The van der Waals surface area contributed by atoms with Gasteiger partial charge in [-0.25, -0.2) is 9.63 Å². The number of nitriles is 2. The zero-order valence-electron chi connectivity index (χ0n) is 16.6. The number of aryl methyl sites for hydroxylation is 1. The van der Waals surface area contributed by atoms with E-state index in [9.17, 15) is 4.79 Å². The fourth-order valence-corrected chi connectivity index (χ4v) is 3.16. The molecule has 2 aromatic carbocycles. The fourth-order valence-electron chi connectivity index (χ4n) is 3.16. The van der Waals surface area contributed by atoms with Crippen LogP contribution in [0.15, 0.2) is 45.6 Å². The molecule has 3 rings (SSSR count). The van der Waals surface area contributed by atoms with Crippen molar-refractivity contribution in [2.45, 2.75) is 13.3 Å². The average molecular weight is 406 g/mol. The summed E-state index contributed by atoms with van der Waals surface area (Å²) in [7, 11) is 1.58. The molecule has 2 N–H and O–H groups in total. The van der Waals surface area contributed by atoms with E-state index in [-0.39, 0.29) is 18.8 Å². The Hall–Kier alpha value is -3.85. The van der Waals surface area contributed by atoms with Crippen molar-refractivity contribution in [1.29, 1.82) is 10.5 Å². The molecule has 0 aliphatic heterocycles. The Morgan fingerprint density at radius 1 is 1.07 bits per heavy atom. The molecule has 0 amide bonds. The maximum Gasteiger partial charge on any atom is 0.340 e. The van der Waals surface area contributed by atoms with Gasteiger partial charge in [0.15, 0.2) is 18.9 Å². The van der Waals surface area contributed by atoms with Gasteiger partial charge in [-0.3, -0.25) is 0 Å². The first kappa shape index (κ1) is 20.9.